The van der Waals surface area contributed by atoms with E-state index in [0.717, 1.165) is 31.3 Å². The molecule has 1 atom stereocenters. The van der Waals surface area contributed by atoms with Gasteiger partial charge in [0.25, 0.3) is 0 Å². The zero-order valence-electron chi connectivity index (χ0n) is 8.67. The average Bonchev–Trinajstić information content (AvgIpc) is 2.74. The molecule has 0 bridgehead atoms. The van der Waals surface area contributed by atoms with Crippen molar-refractivity contribution in [2.45, 2.75) is 26.2 Å². The molecule has 14 heavy (non-hydrogen) atoms. The molecule has 2 rings (SSSR count). The van der Waals surface area contributed by atoms with E-state index in [-0.39, 0.29) is 0 Å². The lowest BCUT2D eigenvalue weighted by Crippen LogP contribution is -2.01. The summed E-state index contributed by atoms with van der Waals surface area (Å²) < 4.78 is 5.38. The molecule has 0 aliphatic carbocycles. The maximum absolute atomic E-state index is 5.38. The van der Waals surface area contributed by atoms with Crippen LogP contribution >= 0.6 is 11.3 Å². The minimum atomic E-state index is 0.527. The van der Waals surface area contributed by atoms with E-state index in [1.165, 1.54) is 10.6 Å². The van der Waals surface area contributed by atoms with Gasteiger partial charge < -0.3 is 10.1 Å². The number of ether oxygens (including phenoxy) is 1. The number of thiazole rings is 1. The Morgan fingerprint density at radius 2 is 2.50 bits per heavy atom. The summed E-state index contributed by atoms with van der Waals surface area (Å²) in [6.45, 7) is 6.91. The third-order valence-electron chi connectivity index (χ3n) is 2.48. The van der Waals surface area contributed by atoms with Crippen molar-refractivity contribution in [2.24, 2.45) is 0 Å². The first-order valence-electron chi connectivity index (χ1n) is 5.10. The highest BCUT2D eigenvalue weighted by atomic mass is 32.1. The second-order valence-corrected chi connectivity index (χ2v) is 4.75. The predicted octanol–water partition coefficient (Wildman–Crippen LogP) is 2.39. The first kappa shape index (κ1) is 9.93. The highest BCUT2D eigenvalue weighted by Gasteiger charge is 2.22. The van der Waals surface area contributed by atoms with Gasteiger partial charge in [0.05, 0.1) is 12.3 Å². The zero-order chi connectivity index (χ0) is 9.97. The van der Waals surface area contributed by atoms with Crippen molar-refractivity contribution in [2.75, 3.05) is 25.1 Å². The third-order valence-corrected chi connectivity index (χ3v) is 3.42. The molecule has 1 aromatic heterocycles. The quantitative estimate of drug-likeness (QED) is 0.835. The van der Waals surface area contributed by atoms with E-state index < -0.39 is 0 Å². The van der Waals surface area contributed by atoms with Gasteiger partial charge in [-0.3, -0.25) is 0 Å². The van der Waals surface area contributed by atoms with Gasteiger partial charge in [0.15, 0.2) is 5.13 Å². The van der Waals surface area contributed by atoms with Crippen LogP contribution in [0.4, 0.5) is 5.13 Å². The molecule has 0 amide bonds. The Kier molecular flexibility index (Phi) is 3.03. The summed E-state index contributed by atoms with van der Waals surface area (Å²) in [5.74, 6) is 0.527. The van der Waals surface area contributed by atoms with Gasteiger partial charge in [0.2, 0.25) is 0 Å². The molecule has 0 spiro atoms. The fourth-order valence-corrected chi connectivity index (χ4v) is 2.73. The highest BCUT2D eigenvalue weighted by molar-refractivity contribution is 7.15. The highest BCUT2D eigenvalue weighted by Crippen LogP contribution is 2.32. The normalized spacial score (nSPS) is 21.4. The van der Waals surface area contributed by atoms with Gasteiger partial charge in [-0.2, -0.15) is 0 Å². The van der Waals surface area contributed by atoms with Gasteiger partial charge in [-0.25, -0.2) is 4.98 Å². The van der Waals surface area contributed by atoms with Crippen LogP contribution < -0.4 is 5.32 Å². The Morgan fingerprint density at radius 1 is 1.64 bits per heavy atom. The maximum Gasteiger partial charge on any atom is 0.183 e. The van der Waals surface area contributed by atoms with Gasteiger partial charge in [-0.15, -0.1) is 11.3 Å². The van der Waals surface area contributed by atoms with Crippen LogP contribution in [0.15, 0.2) is 0 Å². The molecule has 1 fully saturated rings. The van der Waals surface area contributed by atoms with E-state index >= 15 is 0 Å². The van der Waals surface area contributed by atoms with Crippen LogP contribution in [0.5, 0.6) is 0 Å². The van der Waals surface area contributed by atoms with E-state index in [1.807, 2.05) is 0 Å². The Hall–Kier alpha value is -0.610. The molecule has 1 N–H and O–H groups in total. The van der Waals surface area contributed by atoms with Crippen LogP contribution in [-0.4, -0.2) is 24.7 Å². The summed E-state index contributed by atoms with van der Waals surface area (Å²) in [5, 5.41) is 4.31. The van der Waals surface area contributed by atoms with Crippen molar-refractivity contribution >= 4 is 16.5 Å². The SMILES string of the molecule is CCNc1nc(C2CCOC2)c(C)s1. The summed E-state index contributed by atoms with van der Waals surface area (Å²) in [6, 6.07) is 0. The largest absolute Gasteiger partial charge is 0.381 e. The van der Waals surface area contributed by atoms with Crippen LogP contribution in [0.1, 0.15) is 29.8 Å². The van der Waals surface area contributed by atoms with Gasteiger partial charge in [-0.05, 0) is 20.3 Å². The summed E-state index contributed by atoms with van der Waals surface area (Å²) in [6.07, 6.45) is 1.12. The molecule has 1 aromatic rings. The lowest BCUT2D eigenvalue weighted by molar-refractivity contribution is 0.193. The molecule has 0 aromatic carbocycles. The van der Waals surface area contributed by atoms with E-state index in [0.29, 0.717) is 5.92 Å². The molecule has 2 heterocycles. The molecule has 1 saturated heterocycles. The maximum atomic E-state index is 5.38. The van der Waals surface area contributed by atoms with Crippen LogP contribution in [0, 0.1) is 6.92 Å². The molecule has 4 heteroatoms. The molecule has 0 saturated carbocycles. The Morgan fingerprint density at radius 3 is 3.14 bits per heavy atom. The molecule has 0 radical (unpaired) electrons. The van der Waals surface area contributed by atoms with Crippen molar-refractivity contribution < 1.29 is 4.74 Å². The fraction of sp³-hybridized carbons (Fsp3) is 0.700. The van der Waals surface area contributed by atoms with Crippen molar-refractivity contribution in [1.82, 2.24) is 4.98 Å². The number of anilines is 1. The lowest BCUT2D eigenvalue weighted by atomic mass is 10.0. The smallest absolute Gasteiger partial charge is 0.183 e. The standard InChI is InChI=1S/C10H16N2OS/c1-3-11-10-12-9(7(2)14-10)8-4-5-13-6-8/h8H,3-6H2,1-2H3,(H,11,12). The average molecular weight is 212 g/mol. The molecule has 78 valence electrons. The van der Waals surface area contributed by atoms with Crippen LogP contribution in [-0.2, 0) is 4.74 Å². The van der Waals surface area contributed by atoms with E-state index in [2.05, 4.69) is 24.1 Å². The molecular formula is C10H16N2OS. The second-order valence-electron chi connectivity index (χ2n) is 3.55. The summed E-state index contributed by atoms with van der Waals surface area (Å²) >= 11 is 1.75. The zero-order valence-corrected chi connectivity index (χ0v) is 9.49. The van der Waals surface area contributed by atoms with Crippen LogP contribution in [0.25, 0.3) is 0 Å². The van der Waals surface area contributed by atoms with Crippen LogP contribution in [0.3, 0.4) is 0 Å². The van der Waals surface area contributed by atoms with Gasteiger partial charge in [-0.1, -0.05) is 0 Å². The topological polar surface area (TPSA) is 34.2 Å². The summed E-state index contributed by atoms with van der Waals surface area (Å²) in [5.41, 5.74) is 1.24. The molecule has 1 aliphatic heterocycles. The molecular weight excluding hydrogens is 196 g/mol. The fourth-order valence-electron chi connectivity index (χ4n) is 1.76. The van der Waals surface area contributed by atoms with Crippen molar-refractivity contribution in [3.8, 4) is 0 Å². The van der Waals surface area contributed by atoms with Gasteiger partial charge >= 0.3 is 0 Å². The Labute approximate surface area is 88.5 Å². The number of nitrogens with one attached hydrogen (secondary N) is 1. The van der Waals surface area contributed by atoms with Crippen molar-refractivity contribution in [1.29, 1.82) is 0 Å². The Bertz CT molecular complexity index is 305. The monoisotopic (exact) mass is 212 g/mol. The van der Waals surface area contributed by atoms with Gasteiger partial charge in [0, 0.05) is 23.9 Å². The van der Waals surface area contributed by atoms with Gasteiger partial charge in [0.1, 0.15) is 0 Å². The first-order chi connectivity index (χ1) is 6.81. The summed E-state index contributed by atoms with van der Waals surface area (Å²) in [4.78, 5) is 5.94. The third kappa shape index (κ3) is 1.91. The number of rotatable bonds is 3. The van der Waals surface area contributed by atoms with Crippen molar-refractivity contribution in [3.05, 3.63) is 10.6 Å². The minimum Gasteiger partial charge on any atom is -0.381 e. The summed E-state index contributed by atoms with van der Waals surface area (Å²) in [7, 11) is 0. The molecule has 3 nitrogen and oxygen atoms in total. The minimum absolute atomic E-state index is 0.527. The van der Waals surface area contributed by atoms with E-state index in [9.17, 15) is 0 Å². The van der Waals surface area contributed by atoms with E-state index in [1.54, 1.807) is 11.3 Å². The Balaban J connectivity index is 2.15. The number of nitrogens with zero attached hydrogens (tertiary/aromatic N) is 1. The molecule has 1 aliphatic rings. The molecule has 1 unspecified atom stereocenters. The number of hydrogen-bond acceptors (Lipinski definition) is 4. The second kappa shape index (κ2) is 4.28. The van der Waals surface area contributed by atoms with E-state index in [4.69, 9.17) is 4.74 Å². The predicted molar refractivity (Wildman–Crippen MR) is 59.2 cm³/mol. The number of aromatic nitrogens is 1. The number of hydrogen-bond donors (Lipinski definition) is 1. The first-order valence-corrected chi connectivity index (χ1v) is 5.92. The van der Waals surface area contributed by atoms with Crippen LogP contribution in [0.2, 0.25) is 0 Å². The lowest BCUT2D eigenvalue weighted by Gasteiger charge is -2.03. The number of aryl methyl sites for hydroxylation is 1. The van der Waals surface area contributed by atoms with Crippen molar-refractivity contribution in [3.63, 3.8) is 0 Å².